The van der Waals surface area contributed by atoms with E-state index in [0.29, 0.717) is 0 Å². The standard InChI is InChI=1S/C14H22N2O/c1-4-5-12-6-7-16-9-13(12)8-11(2)14(10-17)15-3/h6-9,14-15,17H,4-5,10H2,1-3H3/b11-8+. The Labute approximate surface area is 104 Å². The van der Waals surface area contributed by atoms with E-state index < -0.39 is 0 Å². The largest absolute Gasteiger partial charge is 0.394 e. The molecule has 0 amide bonds. The summed E-state index contributed by atoms with van der Waals surface area (Å²) in [7, 11) is 1.86. The third-order valence-corrected chi connectivity index (χ3v) is 2.93. The highest BCUT2D eigenvalue weighted by Crippen LogP contribution is 2.15. The quantitative estimate of drug-likeness (QED) is 0.791. The highest BCUT2D eigenvalue weighted by atomic mass is 16.3. The van der Waals surface area contributed by atoms with Gasteiger partial charge in [-0.1, -0.05) is 25.0 Å². The third kappa shape index (κ3) is 3.95. The first-order chi connectivity index (χ1) is 8.22. The molecule has 17 heavy (non-hydrogen) atoms. The Bertz CT molecular complexity index is 370. The van der Waals surface area contributed by atoms with Crippen LogP contribution >= 0.6 is 0 Å². The second-order valence-corrected chi connectivity index (χ2v) is 4.24. The number of pyridine rings is 1. The summed E-state index contributed by atoms with van der Waals surface area (Å²) in [6.07, 6.45) is 8.01. The number of rotatable bonds is 6. The molecule has 0 bridgehead atoms. The van der Waals surface area contributed by atoms with Crippen LogP contribution < -0.4 is 5.32 Å². The van der Waals surface area contributed by atoms with E-state index in [1.165, 1.54) is 5.56 Å². The highest BCUT2D eigenvalue weighted by Gasteiger charge is 2.07. The fourth-order valence-corrected chi connectivity index (χ4v) is 1.87. The van der Waals surface area contributed by atoms with Gasteiger partial charge in [0.2, 0.25) is 0 Å². The lowest BCUT2D eigenvalue weighted by molar-refractivity contribution is 0.265. The van der Waals surface area contributed by atoms with Gasteiger partial charge in [0.15, 0.2) is 0 Å². The Morgan fingerprint density at radius 1 is 1.59 bits per heavy atom. The Morgan fingerprint density at radius 3 is 2.94 bits per heavy atom. The van der Waals surface area contributed by atoms with Gasteiger partial charge in [0.1, 0.15) is 0 Å². The summed E-state index contributed by atoms with van der Waals surface area (Å²) >= 11 is 0. The summed E-state index contributed by atoms with van der Waals surface area (Å²) in [5, 5.41) is 12.3. The molecular weight excluding hydrogens is 212 g/mol. The van der Waals surface area contributed by atoms with Crippen molar-refractivity contribution >= 4 is 6.08 Å². The molecule has 1 atom stereocenters. The summed E-state index contributed by atoms with van der Waals surface area (Å²) in [6, 6.07) is 2.08. The van der Waals surface area contributed by atoms with Crippen LogP contribution in [0.25, 0.3) is 6.08 Å². The number of hydrogen-bond donors (Lipinski definition) is 2. The molecule has 0 saturated carbocycles. The van der Waals surface area contributed by atoms with Gasteiger partial charge in [0.25, 0.3) is 0 Å². The van der Waals surface area contributed by atoms with Gasteiger partial charge < -0.3 is 10.4 Å². The average molecular weight is 234 g/mol. The van der Waals surface area contributed by atoms with Crippen molar-refractivity contribution in [2.75, 3.05) is 13.7 Å². The van der Waals surface area contributed by atoms with E-state index in [-0.39, 0.29) is 12.6 Å². The van der Waals surface area contributed by atoms with E-state index in [1.54, 1.807) is 0 Å². The van der Waals surface area contributed by atoms with Crippen LogP contribution in [-0.4, -0.2) is 29.8 Å². The van der Waals surface area contributed by atoms with Crippen molar-refractivity contribution in [3.05, 3.63) is 35.2 Å². The fraction of sp³-hybridized carbons (Fsp3) is 0.500. The number of aliphatic hydroxyl groups excluding tert-OH is 1. The van der Waals surface area contributed by atoms with E-state index in [4.69, 9.17) is 0 Å². The molecule has 2 N–H and O–H groups in total. The molecule has 3 heteroatoms. The van der Waals surface area contributed by atoms with Gasteiger partial charge in [-0.2, -0.15) is 0 Å². The highest BCUT2D eigenvalue weighted by molar-refractivity contribution is 5.56. The molecule has 0 aromatic carbocycles. The van der Waals surface area contributed by atoms with Gasteiger partial charge in [-0.05, 0) is 37.6 Å². The van der Waals surface area contributed by atoms with Gasteiger partial charge in [-0.25, -0.2) is 0 Å². The molecule has 3 nitrogen and oxygen atoms in total. The molecule has 0 spiro atoms. The maximum atomic E-state index is 9.23. The second kappa shape index (κ2) is 7.20. The van der Waals surface area contributed by atoms with E-state index in [1.807, 2.05) is 26.4 Å². The third-order valence-electron chi connectivity index (χ3n) is 2.93. The lowest BCUT2D eigenvalue weighted by atomic mass is 10.0. The topological polar surface area (TPSA) is 45.2 Å². The molecule has 0 fully saturated rings. The Hall–Kier alpha value is -1.19. The molecule has 0 aliphatic carbocycles. The van der Waals surface area contributed by atoms with Crippen LogP contribution in [0.1, 0.15) is 31.4 Å². The zero-order valence-corrected chi connectivity index (χ0v) is 10.9. The smallest absolute Gasteiger partial charge is 0.0623 e. The van der Waals surface area contributed by atoms with Crippen LogP contribution in [0.5, 0.6) is 0 Å². The van der Waals surface area contributed by atoms with E-state index >= 15 is 0 Å². The minimum absolute atomic E-state index is 0.0182. The Kier molecular flexibility index (Phi) is 5.87. The molecule has 1 aromatic rings. The molecule has 0 radical (unpaired) electrons. The number of aromatic nitrogens is 1. The molecule has 1 heterocycles. The van der Waals surface area contributed by atoms with Gasteiger partial charge in [0.05, 0.1) is 12.6 Å². The van der Waals surface area contributed by atoms with Gasteiger partial charge in [-0.3, -0.25) is 4.98 Å². The van der Waals surface area contributed by atoms with Crippen LogP contribution in [0, 0.1) is 0 Å². The first-order valence-corrected chi connectivity index (χ1v) is 6.12. The van der Waals surface area contributed by atoms with Crippen molar-refractivity contribution in [2.45, 2.75) is 32.7 Å². The summed E-state index contributed by atoms with van der Waals surface area (Å²) < 4.78 is 0. The summed E-state index contributed by atoms with van der Waals surface area (Å²) in [5.74, 6) is 0. The van der Waals surface area contributed by atoms with Crippen molar-refractivity contribution in [1.29, 1.82) is 0 Å². The van der Waals surface area contributed by atoms with Crippen molar-refractivity contribution in [1.82, 2.24) is 10.3 Å². The molecule has 0 aliphatic heterocycles. The first-order valence-electron chi connectivity index (χ1n) is 6.12. The van der Waals surface area contributed by atoms with Crippen molar-refractivity contribution in [3.8, 4) is 0 Å². The summed E-state index contributed by atoms with van der Waals surface area (Å²) in [4.78, 5) is 4.16. The normalized spacial score (nSPS) is 13.8. The van der Waals surface area contributed by atoms with Crippen molar-refractivity contribution in [3.63, 3.8) is 0 Å². The van der Waals surface area contributed by atoms with Crippen molar-refractivity contribution < 1.29 is 5.11 Å². The molecular formula is C14H22N2O. The molecule has 0 aliphatic rings. The monoisotopic (exact) mass is 234 g/mol. The van der Waals surface area contributed by atoms with Gasteiger partial charge in [-0.15, -0.1) is 0 Å². The second-order valence-electron chi connectivity index (χ2n) is 4.24. The molecule has 94 valence electrons. The number of nitrogens with zero attached hydrogens (tertiary/aromatic N) is 1. The van der Waals surface area contributed by atoms with Gasteiger partial charge >= 0.3 is 0 Å². The van der Waals surface area contributed by atoms with Crippen LogP contribution in [0.4, 0.5) is 0 Å². The molecule has 1 unspecified atom stereocenters. The van der Waals surface area contributed by atoms with E-state index in [0.717, 1.165) is 24.0 Å². The maximum Gasteiger partial charge on any atom is 0.0623 e. The Morgan fingerprint density at radius 2 is 2.35 bits per heavy atom. The number of aliphatic hydroxyl groups is 1. The van der Waals surface area contributed by atoms with Crippen LogP contribution in [0.15, 0.2) is 24.0 Å². The number of hydrogen-bond acceptors (Lipinski definition) is 3. The van der Waals surface area contributed by atoms with E-state index in [9.17, 15) is 5.11 Å². The first kappa shape index (κ1) is 13.9. The number of aryl methyl sites for hydroxylation is 1. The molecule has 1 rings (SSSR count). The van der Waals surface area contributed by atoms with Crippen LogP contribution in [-0.2, 0) is 6.42 Å². The lowest BCUT2D eigenvalue weighted by Crippen LogP contribution is -2.29. The van der Waals surface area contributed by atoms with E-state index in [2.05, 4.69) is 29.4 Å². The van der Waals surface area contributed by atoms with Gasteiger partial charge in [0, 0.05) is 12.4 Å². The predicted octanol–water partition coefficient (Wildman–Crippen LogP) is 2.02. The Balaban J connectivity index is 2.95. The molecule has 0 saturated heterocycles. The average Bonchev–Trinajstić information content (AvgIpc) is 2.33. The minimum atomic E-state index is 0.0182. The minimum Gasteiger partial charge on any atom is -0.394 e. The predicted molar refractivity (Wildman–Crippen MR) is 71.8 cm³/mol. The fourth-order valence-electron chi connectivity index (χ4n) is 1.87. The maximum absolute atomic E-state index is 9.23. The molecule has 1 aromatic heterocycles. The lowest BCUT2D eigenvalue weighted by Gasteiger charge is -2.14. The number of nitrogens with one attached hydrogen (secondary N) is 1. The SMILES string of the molecule is CCCc1ccncc1/C=C(\C)C(CO)NC. The zero-order chi connectivity index (χ0) is 12.7. The zero-order valence-electron chi connectivity index (χ0n) is 10.9. The van der Waals surface area contributed by atoms with Crippen molar-refractivity contribution in [2.24, 2.45) is 0 Å². The summed E-state index contributed by atoms with van der Waals surface area (Å²) in [5.41, 5.74) is 3.59. The number of likely N-dealkylation sites (N-methyl/N-ethyl adjacent to an activating group) is 1. The van der Waals surface area contributed by atoms with Crippen LogP contribution in [0.2, 0.25) is 0 Å². The summed E-state index contributed by atoms with van der Waals surface area (Å²) in [6.45, 7) is 4.31. The van der Waals surface area contributed by atoms with Crippen LogP contribution in [0.3, 0.4) is 0 Å².